The first-order chi connectivity index (χ1) is 11.1. The summed E-state index contributed by atoms with van der Waals surface area (Å²) in [6, 6.07) is 9.02. The third-order valence-corrected chi connectivity index (χ3v) is 5.56. The molecule has 2 N–H and O–H groups in total. The predicted octanol–water partition coefficient (Wildman–Crippen LogP) is 3.35. The molecule has 1 aliphatic heterocycles. The standard InChI is InChI=1S/C19H29N3O.HI/c1-5-13-8-6-7-9-14(13)12-21-18(20-4)22-16-15-10-11-23-17(15)19(16,2)3;/h6-9,15-17H,5,10-12H2,1-4H3,(H2,20,21,22);1H. The lowest BCUT2D eigenvalue weighted by Crippen LogP contribution is -2.67. The average Bonchev–Trinajstić information content (AvgIpc) is 3.02. The number of ether oxygens (including phenoxy) is 1. The molecule has 24 heavy (non-hydrogen) atoms. The van der Waals surface area contributed by atoms with Gasteiger partial charge in [-0.25, -0.2) is 0 Å². The normalized spacial score (nSPS) is 27.7. The van der Waals surface area contributed by atoms with E-state index in [0.29, 0.717) is 18.1 Å². The van der Waals surface area contributed by atoms with Gasteiger partial charge in [-0.3, -0.25) is 4.99 Å². The Kier molecular flexibility index (Phi) is 6.53. The van der Waals surface area contributed by atoms with Crippen LogP contribution in [-0.4, -0.2) is 31.8 Å². The van der Waals surface area contributed by atoms with E-state index in [9.17, 15) is 0 Å². The first-order valence-corrected chi connectivity index (χ1v) is 8.73. The molecule has 2 aliphatic rings. The van der Waals surface area contributed by atoms with Gasteiger partial charge in [-0.05, 0) is 24.0 Å². The van der Waals surface area contributed by atoms with E-state index >= 15 is 0 Å². The van der Waals surface area contributed by atoms with Crippen LogP contribution in [0.2, 0.25) is 0 Å². The molecule has 0 radical (unpaired) electrons. The Hall–Kier alpha value is -0.820. The number of halogens is 1. The van der Waals surface area contributed by atoms with Gasteiger partial charge in [-0.1, -0.05) is 45.0 Å². The molecule has 134 valence electrons. The minimum absolute atomic E-state index is 0. The SMILES string of the molecule is CCc1ccccc1CNC(=NC)NC1C2CCOC2C1(C)C.I. The van der Waals surface area contributed by atoms with Gasteiger partial charge in [0, 0.05) is 37.6 Å². The summed E-state index contributed by atoms with van der Waals surface area (Å²) in [7, 11) is 1.84. The molecule has 0 amide bonds. The van der Waals surface area contributed by atoms with Crippen LogP contribution in [0.3, 0.4) is 0 Å². The number of guanidine groups is 1. The first-order valence-electron chi connectivity index (χ1n) is 8.73. The molecule has 0 spiro atoms. The Bertz CT molecular complexity index is 588. The maximum absolute atomic E-state index is 5.87. The summed E-state index contributed by atoms with van der Waals surface area (Å²) in [5, 5.41) is 7.11. The highest BCUT2D eigenvalue weighted by Crippen LogP contribution is 2.52. The van der Waals surface area contributed by atoms with Gasteiger partial charge in [0.15, 0.2) is 5.96 Å². The summed E-state index contributed by atoms with van der Waals surface area (Å²) in [4.78, 5) is 4.41. The van der Waals surface area contributed by atoms with Crippen molar-refractivity contribution in [2.75, 3.05) is 13.7 Å². The monoisotopic (exact) mass is 443 g/mol. The Morgan fingerprint density at radius 2 is 2.00 bits per heavy atom. The van der Waals surface area contributed by atoms with Crippen molar-refractivity contribution in [2.45, 2.75) is 52.3 Å². The molecule has 5 heteroatoms. The Morgan fingerprint density at radius 3 is 2.67 bits per heavy atom. The van der Waals surface area contributed by atoms with E-state index in [-0.39, 0.29) is 29.4 Å². The summed E-state index contributed by atoms with van der Waals surface area (Å²) >= 11 is 0. The summed E-state index contributed by atoms with van der Waals surface area (Å²) in [6.45, 7) is 8.48. The molecule has 4 nitrogen and oxygen atoms in total. The van der Waals surface area contributed by atoms with E-state index in [1.54, 1.807) is 0 Å². The fraction of sp³-hybridized carbons (Fsp3) is 0.632. The van der Waals surface area contributed by atoms with Crippen LogP contribution in [0.1, 0.15) is 38.3 Å². The number of rotatable bonds is 4. The molecule has 3 atom stereocenters. The van der Waals surface area contributed by atoms with Crippen LogP contribution in [0, 0.1) is 11.3 Å². The van der Waals surface area contributed by atoms with Crippen LogP contribution in [0.25, 0.3) is 0 Å². The zero-order valence-corrected chi connectivity index (χ0v) is 17.5. The lowest BCUT2D eigenvalue weighted by atomic mass is 9.57. The van der Waals surface area contributed by atoms with Gasteiger partial charge in [0.1, 0.15) is 0 Å². The van der Waals surface area contributed by atoms with Crippen molar-refractivity contribution in [3.05, 3.63) is 35.4 Å². The lowest BCUT2D eigenvalue weighted by Gasteiger charge is -2.54. The number of fused-ring (bicyclic) bond motifs is 1. The maximum atomic E-state index is 5.87. The molecule has 1 aliphatic carbocycles. The molecule has 1 heterocycles. The Labute approximate surface area is 162 Å². The van der Waals surface area contributed by atoms with Crippen molar-refractivity contribution in [3.63, 3.8) is 0 Å². The van der Waals surface area contributed by atoms with E-state index in [2.05, 4.69) is 60.7 Å². The predicted molar refractivity (Wildman–Crippen MR) is 110 cm³/mol. The molecular weight excluding hydrogens is 413 g/mol. The number of aliphatic imine (C=N–C) groups is 1. The van der Waals surface area contributed by atoms with Gasteiger partial charge < -0.3 is 15.4 Å². The van der Waals surface area contributed by atoms with Crippen molar-refractivity contribution in [1.82, 2.24) is 10.6 Å². The molecule has 1 saturated carbocycles. The smallest absolute Gasteiger partial charge is 0.191 e. The van der Waals surface area contributed by atoms with E-state index in [4.69, 9.17) is 4.74 Å². The van der Waals surface area contributed by atoms with Crippen LogP contribution >= 0.6 is 24.0 Å². The molecular formula is C19H30IN3O. The highest BCUT2D eigenvalue weighted by molar-refractivity contribution is 14.0. The molecule has 0 aromatic heterocycles. The highest BCUT2D eigenvalue weighted by Gasteiger charge is 2.59. The second-order valence-electron chi connectivity index (χ2n) is 7.24. The third kappa shape index (κ3) is 3.57. The molecule has 1 saturated heterocycles. The van der Waals surface area contributed by atoms with Crippen LogP contribution < -0.4 is 10.6 Å². The molecule has 1 aromatic carbocycles. The number of nitrogens with one attached hydrogen (secondary N) is 2. The van der Waals surface area contributed by atoms with Gasteiger partial charge in [0.25, 0.3) is 0 Å². The van der Waals surface area contributed by atoms with Crippen molar-refractivity contribution < 1.29 is 4.74 Å². The van der Waals surface area contributed by atoms with Crippen molar-refractivity contribution in [3.8, 4) is 0 Å². The summed E-state index contributed by atoms with van der Waals surface area (Å²) < 4.78 is 5.87. The molecule has 3 unspecified atom stereocenters. The number of hydrogen-bond donors (Lipinski definition) is 2. The molecule has 2 fully saturated rings. The van der Waals surface area contributed by atoms with Crippen LogP contribution in [-0.2, 0) is 17.7 Å². The van der Waals surface area contributed by atoms with Gasteiger partial charge in [-0.2, -0.15) is 0 Å². The van der Waals surface area contributed by atoms with Crippen LogP contribution in [0.4, 0.5) is 0 Å². The quantitative estimate of drug-likeness (QED) is 0.426. The largest absolute Gasteiger partial charge is 0.377 e. The third-order valence-electron chi connectivity index (χ3n) is 5.56. The highest BCUT2D eigenvalue weighted by atomic mass is 127. The molecule has 3 rings (SSSR count). The lowest BCUT2D eigenvalue weighted by molar-refractivity contribution is -0.106. The summed E-state index contributed by atoms with van der Waals surface area (Å²) in [5.74, 6) is 1.51. The van der Waals surface area contributed by atoms with Crippen LogP contribution in [0.15, 0.2) is 29.3 Å². The summed E-state index contributed by atoms with van der Waals surface area (Å²) in [6.07, 6.45) is 2.61. The topological polar surface area (TPSA) is 45.7 Å². The Morgan fingerprint density at radius 1 is 1.29 bits per heavy atom. The zero-order valence-electron chi connectivity index (χ0n) is 15.1. The van der Waals surface area contributed by atoms with Gasteiger partial charge in [-0.15, -0.1) is 24.0 Å². The number of hydrogen-bond acceptors (Lipinski definition) is 2. The van der Waals surface area contributed by atoms with Gasteiger partial charge >= 0.3 is 0 Å². The number of nitrogens with zero attached hydrogens (tertiary/aromatic N) is 1. The maximum Gasteiger partial charge on any atom is 0.191 e. The van der Waals surface area contributed by atoms with Crippen LogP contribution in [0.5, 0.6) is 0 Å². The number of benzene rings is 1. The number of aryl methyl sites for hydroxylation is 1. The average molecular weight is 443 g/mol. The summed E-state index contributed by atoms with van der Waals surface area (Å²) in [5.41, 5.74) is 2.90. The van der Waals surface area contributed by atoms with Crippen molar-refractivity contribution >= 4 is 29.9 Å². The minimum atomic E-state index is 0. The first kappa shape index (κ1) is 19.5. The molecule has 0 bridgehead atoms. The van der Waals surface area contributed by atoms with Gasteiger partial charge in [0.2, 0.25) is 0 Å². The van der Waals surface area contributed by atoms with E-state index in [1.165, 1.54) is 11.1 Å². The van der Waals surface area contributed by atoms with E-state index in [1.807, 2.05) is 7.05 Å². The fourth-order valence-electron chi connectivity index (χ4n) is 4.21. The van der Waals surface area contributed by atoms with E-state index < -0.39 is 0 Å². The zero-order chi connectivity index (χ0) is 16.4. The van der Waals surface area contributed by atoms with Crippen molar-refractivity contribution in [2.24, 2.45) is 16.3 Å². The van der Waals surface area contributed by atoms with Gasteiger partial charge in [0.05, 0.1) is 6.10 Å². The fourth-order valence-corrected chi connectivity index (χ4v) is 4.21. The second kappa shape index (κ2) is 8.04. The minimum Gasteiger partial charge on any atom is -0.377 e. The molecule has 1 aromatic rings. The Balaban J connectivity index is 0.00000208. The van der Waals surface area contributed by atoms with E-state index in [0.717, 1.165) is 32.0 Å². The van der Waals surface area contributed by atoms with Crippen molar-refractivity contribution in [1.29, 1.82) is 0 Å². The second-order valence-corrected chi connectivity index (χ2v) is 7.24.